The predicted octanol–water partition coefficient (Wildman–Crippen LogP) is 1.97. The van der Waals surface area contributed by atoms with Crippen LogP contribution in [0, 0.1) is 5.92 Å². The quantitative estimate of drug-likeness (QED) is 0.807. The summed E-state index contributed by atoms with van der Waals surface area (Å²) in [6.45, 7) is 3.64. The third-order valence-corrected chi connectivity index (χ3v) is 4.98. The van der Waals surface area contributed by atoms with E-state index in [4.69, 9.17) is 10.5 Å². The van der Waals surface area contributed by atoms with Gasteiger partial charge in [0.05, 0.1) is 6.61 Å². The number of nitrogens with two attached hydrogens (primary N) is 1. The molecule has 0 bridgehead atoms. The van der Waals surface area contributed by atoms with E-state index >= 15 is 0 Å². The van der Waals surface area contributed by atoms with Gasteiger partial charge in [0, 0.05) is 25.7 Å². The van der Waals surface area contributed by atoms with Crippen molar-refractivity contribution in [3.8, 4) is 0 Å². The lowest BCUT2D eigenvalue weighted by molar-refractivity contribution is -0.139. The Bertz CT molecular complexity index is 518. The Morgan fingerprint density at radius 2 is 2.00 bits per heavy atom. The van der Waals surface area contributed by atoms with Gasteiger partial charge in [0.2, 0.25) is 0 Å². The molecule has 1 aromatic carbocycles. The summed E-state index contributed by atoms with van der Waals surface area (Å²) in [5.74, 6) is 0.441. The second-order valence-electron chi connectivity index (χ2n) is 6.62. The lowest BCUT2D eigenvalue weighted by Crippen LogP contribution is -2.52. The highest BCUT2D eigenvalue weighted by Gasteiger charge is 2.32. The van der Waals surface area contributed by atoms with Crippen LogP contribution in [0.5, 0.6) is 0 Å². The van der Waals surface area contributed by atoms with Crippen LogP contribution in [0.3, 0.4) is 0 Å². The van der Waals surface area contributed by atoms with E-state index < -0.39 is 0 Å². The number of carbonyl (C=O) groups is 1. The van der Waals surface area contributed by atoms with Crippen LogP contribution in [-0.2, 0) is 16.1 Å². The number of nitrogens with zero attached hydrogens (tertiary/aromatic N) is 1. The Kier molecular flexibility index (Phi) is 9.75. The second-order valence-corrected chi connectivity index (χ2v) is 6.62. The van der Waals surface area contributed by atoms with Crippen molar-refractivity contribution in [3.05, 3.63) is 35.9 Å². The molecule has 1 aliphatic heterocycles. The van der Waals surface area contributed by atoms with E-state index in [1.165, 1.54) is 5.56 Å². The molecule has 25 heavy (non-hydrogen) atoms. The standard InChI is InChI=1S/C18H27N3O2.2ClH/c19-11-15-7-4-8-16(15)20-18(22)17-13-21(9-10-23-17)12-14-5-2-1-3-6-14;;/h1-3,5-6,15-17H,4,7-13,19H2,(H,20,22);2*1H. The van der Waals surface area contributed by atoms with Gasteiger partial charge in [-0.15, -0.1) is 24.8 Å². The maximum Gasteiger partial charge on any atom is 0.250 e. The zero-order valence-corrected chi connectivity index (χ0v) is 16.1. The Labute approximate surface area is 162 Å². The molecule has 1 saturated carbocycles. The smallest absolute Gasteiger partial charge is 0.250 e. The monoisotopic (exact) mass is 389 g/mol. The van der Waals surface area contributed by atoms with Crippen molar-refractivity contribution in [1.29, 1.82) is 0 Å². The molecular weight excluding hydrogens is 361 g/mol. The molecule has 1 saturated heterocycles. The average Bonchev–Trinajstić information content (AvgIpc) is 3.03. The SMILES string of the molecule is Cl.Cl.NCC1CCCC1NC(=O)C1CN(Cc2ccccc2)CCO1. The summed E-state index contributed by atoms with van der Waals surface area (Å²) in [5.41, 5.74) is 7.07. The zero-order valence-electron chi connectivity index (χ0n) is 14.4. The molecule has 0 spiro atoms. The molecule has 1 heterocycles. The first-order valence-electron chi connectivity index (χ1n) is 8.64. The van der Waals surface area contributed by atoms with Gasteiger partial charge in [0.1, 0.15) is 6.10 Å². The minimum atomic E-state index is -0.369. The normalized spacial score (nSPS) is 26.4. The number of benzene rings is 1. The lowest BCUT2D eigenvalue weighted by Gasteiger charge is -2.33. The van der Waals surface area contributed by atoms with Gasteiger partial charge in [-0.25, -0.2) is 0 Å². The second kappa shape index (κ2) is 11.0. The van der Waals surface area contributed by atoms with Gasteiger partial charge in [-0.2, -0.15) is 0 Å². The molecule has 1 aromatic rings. The molecule has 2 fully saturated rings. The van der Waals surface area contributed by atoms with Crippen LogP contribution in [0.25, 0.3) is 0 Å². The lowest BCUT2D eigenvalue weighted by atomic mass is 10.0. The molecule has 3 rings (SSSR count). The Morgan fingerprint density at radius 3 is 2.72 bits per heavy atom. The fraction of sp³-hybridized carbons (Fsp3) is 0.611. The molecule has 7 heteroatoms. The van der Waals surface area contributed by atoms with E-state index in [1.54, 1.807) is 0 Å². The summed E-state index contributed by atoms with van der Waals surface area (Å²) >= 11 is 0. The van der Waals surface area contributed by atoms with Crippen LogP contribution in [0.15, 0.2) is 30.3 Å². The van der Waals surface area contributed by atoms with Crippen molar-refractivity contribution in [1.82, 2.24) is 10.2 Å². The number of hydrogen-bond acceptors (Lipinski definition) is 4. The molecule has 0 radical (unpaired) electrons. The summed E-state index contributed by atoms with van der Waals surface area (Å²) < 4.78 is 5.70. The van der Waals surface area contributed by atoms with Crippen LogP contribution in [0.4, 0.5) is 0 Å². The van der Waals surface area contributed by atoms with Crippen LogP contribution in [0.1, 0.15) is 24.8 Å². The highest BCUT2D eigenvalue weighted by molar-refractivity contribution is 5.85. The number of ether oxygens (including phenoxy) is 1. The summed E-state index contributed by atoms with van der Waals surface area (Å²) in [5, 5.41) is 3.16. The maximum atomic E-state index is 12.5. The molecule has 1 amide bonds. The third kappa shape index (κ3) is 6.12. The van der Waals surface area contributed by atoms with E-state index in [2.05, 4.69) is 22.3 Å². The summed E-state index contributed by atoms with van der Waals surface area (Å²) in [6, 6.07) is 10.6. The van der Waals surface area contributed by atoms with Gasteiger partial charge < -0.3 is 15.8 Å². The molecule has 0 aromatic heterocycles. The molecule has 3 N–H and O–H groups in total. The highest BCUT2D eigenvalue weighted by atomic mass is 35.5. The molecule has 3 atom stereocenters. The highest BCUT2D eigenvalue weighted by Crippen LogP contribution is 2.24. The Balaban J connectivity index is 0.00000156. The molecule has 2 aliphatic rings. The van der Waals surface area contributed by atoms with E-state index in [0.29, 0.717) is 25.6 Å². The Hall–Kier alpha value is -0.850. The first-order chi connectivity index (χ1) is 11.3. The van der Waals surface area contributed by atoms with Gasteiger partial charge in [0.25, 0.3) is 5.91 Å². The molecule has 5 nitrogen and oxygen atoms in total. The first kappa shape index (κ1) is 22.2. The summed E-state index contributed by atoms with van der Waals surface area (Å²) in [6.07, 6.45) is 2.94. The minimum absolute atomic E-state index is 0. The van der Waals surface area contributed by atoms with Crippen molar-refractivity contribution in [3.63, 3.8) is 0 Å². The van der Waals surface area contributed by atoms with Gasteiger partial charge >= 0.3 is 0 Å². The minimum Gasteiger partial charge on any atom is -0.366 e. The number of nitrogens with one attached hydrogen (secondary N) is 1. The van der Waals surface area contributed by atoms with Crippen LogP contribution in [-0.4, -0.2) is 49.2 Å². The van der Waals surface area contributed by atoms with E-state index in [0.717, 1.165) is 32.4 Å². The van der Waals surface area contributed by atoms with Crippen molar-refractivity contribution >= 4 is 30.7 Å². The number of rotatable bonds is 5. The van der Waals surface area contributed by atoms with Gasteiger partial charge in [-0.1, -0.05) is 36.8 Å². The van der Waals surface area contributed by atoms with E-state index in [-0.39, 0.29) is 42.9 Å². The van der Waals surface area contributed by atoms with Crippen LogP contribution in [0.2, 0.25) is 0 Å². The number of halogens is 2. The summed E-state index contributed by atoms with van der Waals surface area (Å²) in [4.78, 5) is 14.8. The summed E-state index contributed by atoms with van der Waals surface area (Å²) in [7, 11) is 0. The van der Waals surface area contributed by atoms with Crippen molar-refractivity contribution in [2.75, 3.05) is 26.2 Å². The van der Waals surface area contributed by atoms with Crippen molar-refractivity contribution in [2.24, 2.45) is 11.7 Å². The van der Waals surface area contributed by atoms with E-state index in [9.17, 15) is 4.79 Å². The van der Waals surface area contributed by atoms with Gasteiger partial charge in [0.15, 0.2) is 0 Å². The first-order valence-corrected chi connectivity index (χ1v) is 8.64. The molecule has 3 unspecified atom stereocenters. The topological polar surface area (TPSA) is 67.6 Å². The zero-order chi connectivity index (χ0) is 16.1. The third-order valence-electron chi connectivity index (χ3n) is 4.98. The number of morpholine rings is 1. The van der Waals surface area contributed by atoms with Crippen LogP contribution >= 0.6 is 24.8 Å². The molecule has 1 aliphatic carbocycles. The van der Waals surface area contributed by atoms with Crippen molar-refractivity contribution < 1.29 is 9.53 Å². The number of carbonyl (C=O) groups excluding carboxylic acids is 1. The average molecular weight is 390 g/mol. The predicted molar refractivity (Wildman–Crippen MR) is 104 cm³/mol. The largest absolute Gasteiger partial charge is 0.366 e. The fourth-order valence-corrected chi connectivity index (χ4v) is 3.63. The van der Waals surface area contributed by atoms with Crippen LogP contribution < -0.4 is 11.1 Å². The Morgan fingerprint density at radius 1 is 1.24 bits per heavy atom. The number of amides is 1. The van der Waals surface area contributed by atoms with Gasteiger partial charge in [-0.3, -0.25) is 9.69 Å². The van der Waals surface area contributed by atoms with E-state index in [1.807, 2.05) is 18.2 Å². The van der Waals surface area contributed by atoms with Crippen molar-refractivity contribution in [2.45, 2.75) is 38.0 Å². The van der Waals surface area contributed by atoms with Gasteiger partial charge in [-0.05, 0) is 30.9 Å². The molecule has 142 valence electrons. The fourth-order valence-electron chi connectivity index (χ4n) is 3.63. The molecular formula is C18H29Cl2N3O2. The number of hydrogen-bond donors (Lipinski definition) is 2. The maximum absolute atomic E-state index is 12.5.